The van der Waals surface area contributed by atoms with Gasteiger partial charge in [0.25, 0.3) is 0 Å². The van der Waals surface area contributed by atoms with Gasteiger partial charge in [0.05, 0.1) is 6.20 Å². The van der Waals surface area contributed by atoms with E-state index in [0.717, 1.165) is 12.5 Å². The van der Waals surface area contributed by atoms with E-state index in [4.69, 9.17) is 0 Å². The fraction of sp³-hybridized carbons (Fsp3) is 0.786. The molecule has 1 aromatic rings. The predicted octanol–water partition coefficient (Wildman–Crippen LogP) is 2.79. The van der Waals surface area contributed by atoms with Gasteiger partial charge in [0.1, 0.15) is 0 Å². The van der Waals surface area contributed by atoms with Crippen LogP contribution in [-0.2, 0) is 13.6 Å². The lowest BCUT2D eigenvalue weighted by atomic mass is 10.0. The molecule has 0 bridgehead atoms. The van der Waals surface area contributed by atoms with Crippen LogP contribution in [0.3, 0.4) is 0 Å². The highest BCUT2D eigenvalue weighted by Gasteiger charge is 2.12. The summed E-state index contributed by atoms with van der Waals surface area (Å²) < 4.78 is 1.95. The van der Waals surface area contributed by atoms with Gasteiger partial charge in [-0.3, -0.25) is 4.68 Å². The Morgan fingerprint density at radius 2 is 2.00 bits per heavy atom. The molecule has 17 heavy (non-hydrogen) atoms. The standard InChI is InChI=1S/C14H25N3/c1-12-14(11-16-17(12)2)10-15-9-13-7-5-3-4-6-8-13/h11,13,15H,3-10H2,1-2H3. The number of nitrogens with zero attached hydrogens (tertiary/aromatic N) is 2. The Hall–Kier alpha value is -0.830. The summed E-state index contributed by atoms with van der Waals surface area (Å²) in [6.45, 7) is 4.28. The van der Waals surface area contributed by atoms with Crippen molar-refractivity contribution in [3.05, 3.63) is 17.5 Å². The van der Waals surface area contributed by atoms with Gasteiger partial charge in [0.15, 0.2) is 0 Å². The van der Waals surface area contributed by atoms with Crippen LogP contribution >= 0.6 is 0 Å². The number of hydrogen-bond acceptors (Lipinski definition) is 2. The molecule has 1 N–H and O–H groups in total. The minimum absolute atomic E-state index is 0.898. The second kappa shape index (κ2) is 6.20. The van der Waals surface area contributed by atoms with Gasteiger partial charge >= 0.3 is 0 Å². The zero-order valence-corrected chi connectivity index (χ0v) is 11.2. The molecule has 0 aromatic carbocycles. The van der Waals surface area contributed by atoms with Crippen molar-refractivity contribution in [3.8, 4) is 0 Å². The molecule has 0 saturated heterocycles. The lowest BCUT2D eigenvalue weighted by molar-refractivity contribution is 0.425. The van der Waals surface area contributed by atoms with Crippen LogP contribution < -0.4 is 5.32 Å². The molecule has 0 atom stereocenters. The second-order valence-corrected chi connectivity index (χ2v) is 5.37. The van der Waals surface area contributed by atoms with E-state index in [1.54, 1.807) is 0 Å². The summed E-state index contributed by atoms with van der Waals surface area (Å²) in [5.41, 5.74) is 2.61. The lowest BCUT2D eigenvalue weighted by Crippen LogP contribution is -2.22. The summed E-state index contributed by atoms with van der Waals surface area (Å²) in [7, 11) is 2.00. The van der Waals surface area contributed by atoms with E-state index in [0.29, 0.717) is 0 Å². The molecular formula is C14H25N3. The van der Waals surface area contributed by atoms with Crippen LogP contribution in [0.2, 0.25) is 0 Å². The molecular weight excluding hydrogens is 210 g/mol. The third-order valence-corrected chi connectivity index (χ3v) is 4.06. The Kier molecular flexibility index (Phi) is 4.60. The maximum Gasteiger partial charge on any atom is 0.0537 e. The molecule has 0 unspecified atom stereocenters. The van der Waals surface area contributed by atoms with E-state index in [-0.39, 0.29) is 0 Å². The second-order valence-electron chi connectivity index (χ2n) is 5.37. The van der Waals surface area contributed by atoms with Gasteiger partial charge in [-0.05, 0) is 32.2 Å². The van der Waals surface area contributed by atoms with Crippen LogP contribution in [0.15, 0.2) is 6.20 Å². The molecule has 0 aliphatic heterocycles. The van der Waals surface area contributed by atoms with Gasteiger partial charge in [0.2, 0.25) is 0 Å². The van der Waals surface area contributed by atoms with Crippen molar-refractivity contribution in [2.75, 3.05) is 6.54 Å². The first kappa shape index (κ1) is 12.6. The quantitative estimate of drug-likeness (QED) is 0.813. The maximum atomic E-state index is 4.27. The van der Waals surface area contributed by atoms with Crippen LogP contribution in [0.25, 0.3) is 0 Å². The third kappa shape index (κ3) is 3.56. The minimum Gasteiger partial charge on any atom is -0.312 e. The van der Waals surface area contributed by atoms with Crippen LogP contribution in [-0.4, -0.2) is 16.3 Å². The zero-order valence-electron chi connectivity index (χ0n) is 11.2. The highest BCUT2D eigenvalue weighted by Crippen LogP contribution is 2.22. The Balaban J connectivity index is 1.73. The van der Waals surface area contributed by atoms with Crippen LogP contribution in [0, 0.1) is 12.8 Å². The Morgan fingerprint density at radius 1 is 1.29 bits per heavy atom. The fourth-order valence-corrected chi connectivity index (χ4v) is 2.70. The summed E-state index contributed by atoms with van der Waals surface area (Å²) in [6.07, 6.45) is 10.6. The topological polar surface area (TPSA) is 29.9 Å². The molecule has 0 spiro atoms. The third-order valence-electron chi connectivity index (χ3n) is 4.06. The molecule has 0 radical (unpaired) electrons. The molecule has 3 nitrogen and oxygen atoms in total. The number of aromatic nitrogens is 2. The number of nitrogens with one attached hydrogen (secondary N) is 1. The first-order valence-electron chi connectivity index (χ1n) is 6.95. The molecule has 0 amide bonds. The van der Waals surface area contributed by atoms with Crippen LogP contribution in [0.1, 0.15) is 49.8 Å². The summed E-state index contributed by atoms with van der Waals surface area (Å²) in [6, 6.07) is 0. The number of hydrogen-bond donors (Lipinski definition) is 1. The van der Waals surface area contributed by atoms with Crippen molar-refractivity contribution in [1.29, 1.82) is 0 Å². The normalized spacial score (nSPS) is 18.2. The van der Waals surface area contributed by atoms with Gasteiger partial charge in [-0.1, -0.05) is 25.7 Å². The van der Waals surface area contributed by atoms with E-state index >= 15 is 0 Å². The van der Waals surface area contributed by atoms with Crippen molar-refractivity contribution in [2.45, 2.75) is 52.0 Å². The summed E-state index contributed by atoms with van der Waals surface area (Å²) in [5, 5.41) is 7.87. The Morgan fingerprint density at radius 3 is 2.59 bits per heavy atom. The van der Waals surface area contributed by atoms with Crippen LogP contribution in [0.5, 0.6) is 0 Å². The minimum atomic E-state index is 0.898. The van der Waals surface area contributed by atoms with E-state index in [1.165, 1.54) is 56.3 Å². The average Bonchev–Trinajstić information content (AvgIpc) is 2.58. The monoisotopic (exact) mass is 235 g/mol. The van der Waals surface area contributed by atoms with E-state index < -0.39 is 0 Å². The van der Waals surface area contributed by atoms with Gasteiger partial charge in [0, 0.05) is 24.8 Å². The predicted molar refractivity (Wildman–Crippen MR) is 70.8 cm³/mol. The molecule has 1 aliphatic rings. The SMILES string of the molecule is Cc1c(CNCC2CCCCCC2)cnn1C. The van der Waals surface area contributed by atoms with Crippen LogP contribution in [0.4, 0.5) is 0 Å². The lowest BCUT2D eigenvalue weighted by Gasteiger charge is -2.14. The molecule has 96 valence electrons. The first-order valence-corrected chi connectivity index (χ1v) is 6.95. The number of aryl methyl sites for hydroxylation is 1. The maximum absolute atomic E-state index is 4.27. The molecule has 1 heterocycles. The van der Waals surface area contributed by atoms with Crippen molar-refractivity contribution in [1.82, 2.24) is 15.1 Å². The Labute approximate surface area is 105 Å². The van der Waals surface area contributed by atoms with Crippen molar-refractivity contribution < 1.29 is 0 Å². The van der Waals surface area contributed by atoms with Gasteiger partial charge < -0.3 is 5.32 Å². The average molecular weight is 235 g/mol. The number of rotatable bonds is 4. The van der Waals surface area contributed by atoms with Crippen molar-refractivity contribution in [3.63, 3.8) is 0 Å². The molecule has 1 fully saturated rings. The van der Waals surface area contributed by atoms with E-state index in [2.05, 4.69) is 17.3 Å². The first-order chi connectivity index (χ1) is 8.27. The smallest absolute Gasteiger partial charge is 0.0537 e. The van der Waals surface area contributed by atoms with Crippen molar-refractivity contribution in [2.24, 2.45) is 13.0 Å². The molecule has 1 aromatic heterocycles. The van der Waals surface area contributed by atoms with E-state index in [1.807, 2.05) is 17.9 Å². The van der Waals surface area contributed by atoms with Crippen molar-refractivity contribution >= 4 is 0 Å². The summed E-state index contributed by atoms with van der Waals surface area (Å²) >= 11 is 0. The molecule has 1 aliphatic carbocycles. The Bertz CT molecular complexity index is 335. The fourth-order valence-electron chi connectivity index (χ4n) is 2.70. The zero-order chi connectivity index (χ0) is 12.1. The summed E-state index contributed by atoms with van der Waals surface area (Å²) in [5.74, 6) is 0.898. The largest absolute Gasteiger partial charge is 0.312 e. The summed E-state index contributed by atoms with van der Waals surface area (Å²) in [4.78, 5) is 0. The molecule has 1 saturated carbocycles. The van der Waals surface area contributed by atoms with Gasteiger partial charge in [-0.15, -0.1) is 0 Å². The highest BCUT2D eigenvalue weighted by molar-refractivity contribution is 5.15. The molecule has 2 rings (SSSR count). The van der Waals surface area contributed by atoms with E-state index in [9.17, 15) is 0 Å². The van der Waals surface area contributed by atoms with Gasteiger partial charge in [-0.25, -0.2) is 0 Å². The highest BCUT2D eigenvalue weighted by atomic mass is 15.3. The molecule has 3 heteroatoms. The van der Waals surface area contributed by atoms with Gasteiger partial charge in [-0.2, -0.15) is 5.10 Å².